The summed E-state index contributed by atoms with van der Waals surface area (Å²) in [5.41, 5.74) is 3.29. The third-order valence-corrected chi connectivity index (χ3v) is 7.98. The van der Waals surface area contributed by atoms with Crippen LogP contribution in [-0.4, -0.2) is 44.8 Å². The number of hydrogen-bond donors (Lipinski definition) is 4. The van der Waals surface area contributed by atoms with Crippen LogP contribution in [0.4, 0.5) is 5.69 Å². The fraction of sp³-hybridized carbons (Fsp3) is 0.586. The first-order valence-electron chi connectivity index (χ1n) is 14.0. The molecule has 38 heavy (non-hydrogen) atoms. The van der Waals surface area contributed by atoms with Crippen LogP contribution in [0.5, 0.6) is 0 Å². The Morgan fingerprint density at radius 3 is 2.39 bits per heavy atom. The van der Waals surface area contributed by atoms with Crippen LogP contribution < -0.4 is 16.0 Å². The number of anilines is 1. The number of benzene rings is 1. The molecule has 3 amide bonds. The lowest BCUT2D eigenvalue weighted by Gasteiger charge is -2.28. The van der Waals surface area contributed by atoms with Gasteiger partial charge >= 0.3 is 0 Å². The van der Waals surface area contributed by atoms with Crippen molar-refractivity contribution in [1.29, 1.82) is 0 Å². The molecule has 204 valence electrons. The molecule has 0 saturated heterocycles. The van der Waals surface area contributed by atoms with E-state index >= 15 is 0 Å². The Morgan fingerprint density at radius 2 is 1.76 bits per heavy atom. The minimum Gasteiger partial charge on any atom is -0.393 e. The summed E-state index contributed by atoms with van der Waals surface area (Å²) in [6, 6.07) is 6.83. The number of aromatic nitrogens is 2. The molecule has 0 unspecified atom stereocenters. The minimum absolute atomic E-state index is 0.0350. The van der Waals surface area contributed by atoms with Gasteiger partial charge in [-0.3, -0.25) is 19.1 Å². The van der Waals surface area contributed by atoms with Gasteiger partial charge in [-0.15, -0.1) is 0 Å². The zero-order chi connectivity index (χ0) is 27.0. The van der Waals surface area contributed by atoms with E-state index in [2.05, 4.69) is 21.0 Å². The highest BCUT2D eigenvalue weighted by Gasteiger charge is 2.48. The standard InChI is InChI=1S/C29H39N5O4/c1-16(2)34-24(12-13-30-34)28(37)33-27(26(18-4-5-18)19-6-7-19)29(38)31-21-9-10-22-20(15-21)8-11-23(22)32-25(36)14-17(3)35/h9-10,12-13,15-19,23,26-27,35H,4-8,11,14H2,1-3H3,(H,31,38)(H,32,36)(H,33,37)/t17-,23+,27-/m0/s1. The average Bonchev–Trinajstić information content (AvgIpc) is 3.78. The molecule has 0 aliphatic heterocycles. The maximum atomic E-state index is 13.7. The highest BCUT2D eigenvalue weighted by molar-refractivity contribution is 6.01. The Bertz CT molecular complexity index is 1190. The van der Waals surface area contributed by atoms with Crippen molar-refractivity contribution in [1.82, 2.24) is 20.4 Å². The first-order valence-corrected chi connectivity index (χ1v) is 14.0. The molecule has 5 rings (SSSR count). The van der Waals surface area contributed by atoms with Gasteiger partial charge in [-0.25, -0.2) is 0 Å². The normalized spacial score (nSPS) is 20.2. The van der Waals surface area contributed by atoms with Crippen LogP contribution in [0.1, 0.15) is 93.0 Å². The van der Waals surface area contributed by atoms with E-state index < -0.39 is 12.1 Å². The molecule has 2 fully saturated rings. The zero-order valence-electron chi connectivity index (χ0n) is 22.4. The molecular weight excluding hydrogens is 482 g/mol. The summed E-state index contributed by atoms with van der Waals surface area (Å²) in [7, 11) is 0. The average molecular weight is 522 g/mol. The van der Waals surface area contributed by atoms with Crippen molar-refractivity contribution < 1.29 is 19.5 Å². The minimum atomic E-state index is -0.678. The summed E-state index contributed by atoms with van der Waals surface area (Å²) >= 11 is 0. The van der Waals surface area contributed by atoms with E-state index in [9.17, 15) is 19.5 Å². The number of amides is 3. The number of aliphatic hydroxyl groups is 1. The van der Waals surface area contributed by atoms with Gasteiger partial charge in [-0.2, -0.15) is 5.10 Å². The summed E-state index contributed by atoms with van der Waals surface area (Å²) in [4.78, 5) is 39.2. The fourth-order valence-electron chi connectivity index (χ4n) is 5.94. The number of fused-ring (bicyclic) bond motifs is 1. The molecule has 9 heteroatoms. The Morgan fingerprint density at radius 1 is 1.05 bits per heavy atom. The predicted octanol–water partition coefficient (Wildman–Crippen LogP) is 3.51. The number of nitrogens with one attached hydrogen (secondary N) is 3. The third-order valence-electron chi connectivity index (χ3n) is 7.98. The molecule has 1 aromatic heterocycles. The van der Waals surface area contributed by atoms with Crippen molar-refractivity contribution in [2.75, 3.05) is 5.32 Å². The van der Waals surface area contributed by atoms with Crippen molar-refractivity contribution in [2.45, 2.75) is 89.9 Å². The van der Waals surface area contributed by atoms with Gasteiger partial charge in [0.05, 0.1) is 18.6 Å². The summed E-state index contributed by atoms with van der Waals surface area (Å²) < 4.78 is 1.68. The monoisotopic (exact) mass is 521 g/mol. The van der Waals surface area contributed by atoms with Crippen molar-refractivity contribution >= 4 is 23.4 Å². The molecule has 4 N–H and O–H groups in total. The lowest BCUT2D eigenvalue weighted by Crippen LogP contribution is -2.50. The molecule has 9 nitrogen and oxygen atoms in total. The number of rotatable bonds is 11. The maximum absolute atomic E-state index is 13.7. The van der Waals surface area contributed by atoms with E-state index in [1.165, 1.54) is 0 Å². The van der Waals surface area contributed by atoms with Gasteiger partial charge in [0.2, 0.25) is 11.8 Å². The molecule has 0 spiro atoms. The van der Waals surface area contributed by atoms with E-state index in [1.54, 1.807) is 23.9 Å². The molecule has 3 aliphatic carbocycles. The number of hydrogen-bond acceptors (Lipinski definition) is 5. The highest BCUT2D eigenvalue weighted by atomic mass is 16.3. The molecule has 3 atom stereocenters. The smallest absolute Gasteiger partial charge is 0.270 e. The Kier molecular flexibility index (Phi) is 7.56. The Hall–Kier alpha value is -3.20. The van der Waals surface area contributed by atoms with Gasteiger partial charge in [-0.05, 0) is 106 Å². The third kappa shape index (κ3) is 5.93. The van der Waals surface area contributed by atoms with Gasteiger partial charge in [0, 0.05) is 17.9 Å². The highest BCUT2D eigenvalue weighted by Crippen LogP contribution is 2.51. The van der Waals surface area contributed by atoms with Crippen molar-refractivity contribution in [3.63, 3.8) is 0 Å². The second-order valence-electron chi connectivity index (χ2n) is 11.6. The molecule has 1 aromatic carbocycles. The second kappa shape index (κ2) is 10.9. The Labute approximate surface area is 223 Å². The molecule has 0 bridgehead atoms. The zero-order valence-corrected chi connectivity index (χ0v) is 22.4. The predicted molar refractivity (Wildman–Crippen MR) is 143 cm³/mol. The molecule has 0 radical (unpaired) electrons. The van der Waals surface area contributed by atoms with Gasteiger partial charge in [-0.1, -0.05) is 6.07 Å². The van der Waals surface area contributed by atoms with E-state index in [0.29, 0.717) is 23.2 Å². The van der Waals surface area contributed by atoms with Crippen LogP contribution >= 0.6 is 0 Å². The largest absolute Gasteiger partial charge is 0.393 e. The van der Waals surface area contributed by atoms with E-state index in [-0.39, 0.29) is 42.1 Å². The van der Waals surface area contributed by atoms with Crippen LogP contribution in [0.25, 0.3) is 0 Å². The topological polar surface area (TPSA) is 125 Å². The fourth-order valence-corrected chi connectivity index (χ4v) is 5.94. The van der Waals surface area contributed by atoms with Crippen LogP contribution in [0.2, 0.25) is 0 Å². The number of carbonyl (C=O) groups is 3. The van der Waals surface area contributed by atoms with Gasteiger partial charge < -0.3 is 21.1 Å². The van der Waals surface area contributed by atoms with Gasteiger partial charge in [0.15, 0.2) is 0 Å². The number of nitrogens with zero attached hydrogens (tertiary/aromatic N) is 2. The van der Waals surface area contributed by atoms with Crippen molar-refractivity contribution in [2.24, 2.45) is 17.8 Å². The maximum Gasteiger partial charge on any atom is 0.270 e. The molecular formula is C29H39N5O4. The SMILES string of the molecule is CC(C)n1nccc1C(=O)N[C@H](C(=O)Nc1ccc2c(c1)CC[C@H]2NC(=O)C[C@H](C)O)C(C1CC1)C1CC1. The Balaban J connectivity index is 1.31. The molecule has 2 aromatic rings. The second-order valence-corrected chi connectivity index (χ2v) is 11.6. The van der Waals surface area contributed by atoms with Crippen LogP contribution in [-0.2, 0) is 16.0 Å². The van der Waals surface area contributed by atoms with Crippen molar-refractivity contribution in [3.8, 4) is 0 Å². The first-order chi connectivity index (χ1) is 18.2. The van der Waals surface area contributed by atoms with Crippen LogP contribution in [0.3, 0.4) is 0 Å². The van der Waals surface area contributed by atoms with E-state index in [0.717, 1.165) is 49.7 Å². The van der Waals surface area contributed by atoms with Gasteiger partial charge in [0.25, 0.3) is 5.91 Å². The lowest BCUT2D eigenvalue weighted by molar-refractivity contribution is -0.123. The van der Waals surface area contributed by atoms with Crippen LogP contribution in [0.15, 0.2) is 30.5 Å². The first kappa shape index (κ1) is 26.4. The van der Waals surface area contributed by atoms with E-state index in [4.69, 9.17) is 0 Å². The molecule has 1 heterocycles. The lowest BCUT2D eigenvalue weighted by atomic mass is 9.88. The molecule has 2 saturated carbocycles. The summed E-state index contributed by atoms with van der Waals surface area (Å²) in [5, 5.41) is 23.0. The van der Waals surface area contributed by atoms with Gasteiger partial charge in [0.1, 0.15) is 11.7 Å². The number of aliphatic hydroxyl groups excluding tert-OH is 1. The summed E-state index contributed by atoms with van der Waals surface area (Å²) in [6.07, 6.45) is 7.01. The summed E-state index contributed by atoms with van der Waals surface area (Å²) in [5.74, 6) is 0.459. The number of carbonyl (C=O) groups excluding carboxylic acids is 3. The summed E-state index contributed by atoms with van der Waals surface area (Å²) in [6.45, 7) is 5.55. The van der Waals surface area contributed by atoms with E-state index in [1.807, 2.05) is 32.0 Å². The van der Waals surface area contributed by atoms with Crippen LogP contribution in [0, 0.1) is 17.8 Å². The molecule has 3 aliphatic rings. The van der Waals surface area contributed by atoms with Crippen molar-refractivity contribution in [3.05, 3.63) is 47.3 Å². The quantitative estimate of drug-likeness (QED) is 0.360. The number of aryl methyl sites for hydroxylation is 1.